The first-order valence-electron chi connectivity index (χ1n) is 3.35. The third kappa shape index (κ3) is 1.80. The van der Waals surface area contributed by atoms with Gasteiger partial charge in [-0.05, 0) is 6.42 Å². The van der Waals surface area contributed by atoms with Crippen molar-refractivity contribution in [2.24, 2.45) is 0 Å². The Balaban J connectivity index is 2.46. The van der Waals surface area contributed by atoms with Crippen LogP contribution in [-0.4, -0.2) is 29.1 Å². The zero-order valence-electron chi connectivity index (χ0n) is 5.92. The van der Waals surface area contributed by atoms with Gasteiger partial charge in [0.05, 0.1) is 0 Å². The van der Waals surface area contributed by atoms with E-state index in [1.165, 1.54) is 17.1 Å². The standard InChI is InChI=1S/C7H8ClNO2/c8-4-1-5-9-6(10)2-3-7(9)11/h2-3H,1,4-5H2. The normalized spacial score (nSPS) is 16.6. The summed E-state index contributed by atoms with van der Waals surface area (Å²) in [6.45, 7) is 0.425. The van der Waals surface area contributed by atoms with Gasteiger partial charge in [-0.25, -0.2) is 0 Å². The van der Waals surface area contributed by atoms with Crippen LogP contribution in [0.1, 0.15) is 6.42 Å². The van der Waals surface area contributed by atoms with Gasteiger partial charge in [-0.1, -0.05) is 0 Å². The molecule has 0 spiro atoms. The highest BCUT2D eigenvalue weighted by Gasteiger charge is 2.21. The molecule has 0 aromatic heterocycles. The minimum absolute atomic E-state index is 0.236. The number of hydrogen-bond donors (Lipinski definition) is 0. The Kier molecular flexibility index (Phi) is 2.65. The third-order valence-electron chi connectivity index (χ3n) is 1.42. The molecule has 0 saturated heterocycles. The number of hydrogen-bond acceptors (Lipinski definition) is 2. The Labute approximate surface area is 69.6 Å². The molecule has 0 radical (unpaired) electrons. The van der Waals surface area contributed by atoms with Gasteiger partial charge in [0.25, 0.3) is 11.8 Å². The fraction of sp³-hybridized carbons (Fsp3) is 0.429. The predicted molar refractivity (Wildman–Crippen MR) is 41.2 cm³/mol. The Bertz CT molecular complexity index is 194. The summed E-state index contributed by atoms with van der Waals surface area (Å²) in [5.41, 5.74) is 0. The number of amides is 2. The van der Waals surface area contributed by atoms with Gasteiger partial charge in [-0.2, -0.15) is 0 Å². The third-order valence-corrected chi connectivity index (χ3v) is 1.68. The van der Waals surface area contributed by atoms with E-state index in [1.807, 2.05) is 0 Å². The van der Waals surface area contributed by atoms with Gasteiger partial charge >= 0.3 is 0 Å². The molecule has 0 unspecified atom stereocenters. The van der Waals surface area contributed by atoms with Crippen molar-refractivity contribution in [2.45, 2.75) is 6.42 Å². The topological polar surface area (TPSA) is 37.4 Å². The van der Waals surface area contributed by atoms with Crippen LogP contribution in [0, 0.1) is 0 Å². The molecule has 0 aliphatic carbocycles. The molecular formula is C7H8ClNO2. The van der Waals surface area contributed by atoms with Crippen LogP contribution < -0.4 is 0 Å². The largest absolute Gasteiger partial charge is 0.275 e. The highest BCUT2D eigenvalue weighted by molar-refractivity contribution is 6.18. The smallest absolute Gasteiger partial charge is 0.253 e. The maximum absolute atomic E-state index is 10.9. The number of nitrogens with zero attached hydrogens (tertiary/aromatic N) is 1. The lowest BCUT2D eigenvalue weighted by molar-refractivity contribution is -0.136. The van der Waals surface area contributed by atoms with E-state index in [0.717, 1.165) is 0 Å². The molecule has 0 aromatic rings. The van der Waals surface area contributed by atoms with E-state index in [9.17, 15) is 9.59 Å². The average Bonchev–Trinajstić information content (AvgIpc) is 2.29. The molecule has 0 aromatic carbocycles. The summed E-state index contributed by atoms with van der Waals surface area (Å²) < 4.78 is 0. The van der Waals surface area contributed by atoms with Gasteiger partial charge in [0.15, 0.2) is 0 Å². The predicted octanol–water partition coefficient (Wildman–Crippen LogP) is 0.540. The van der Waals surface area contributed by atoms with E-state index < -0.39 is 0 Å². The van der Waals surface area contributed by atoms with Crippen molar-refractivity contribution in [3.63, 3.8) is 0 Å². The Morgan fingerprint density at radius 1 is 1.27 bits per heavy atom. The number of halogens is 1. The summed E-state index contributed by atoms with van der Waals surface area (Å²) in [6.07, 6.45) is 3.20. The highest BCUT2D eigenvalue weighted by Crippen LogP contribution is 2.04. The van der Waals surface area contributed by atoms with Crippen LogP contribution in [0.5, 0.6) is 0 Å². The molecule has 4 heteroatoms. The number of imide groups is 1. The van der Waals surface area contributed by atoms with Crippen molar-refractivity contribution in [3.8, 4) is 0 Å². The van der Waals surface area contributed by atoms with Gasteiger partial charge in [0.1, 0.15) is 0 Å². The maximum atomic E-state index is 10.9. The van der Waals surface area contributed by atoms with Crippen molar-refractivity contribution in [2.75, 3.05) is 12.4 Å². The van der Waals surface area contributed by atoms with Gasteiger partial charge in [-0.15, -0.1) is 11.6 Å². The van der Waals surface area contributed by atoms with Crippen LogP contribution in [-0.2, 0) is 9.59 Å². The van der Waals surface area contributed by atoms with E-state index in [0.29, 0.717) is 18.8 Å². The van der Waals surface area contributed by atoms with Gasteiger partial charge in [-0.3, -0.25) is 14.5 Å². The van der Waals surface area contributed by atoms with Crippen LogP contribution in [0.4, 0.5) is 0 Å². The average molecular weight is 174 g/mol. The molecule has 0 atom stereocenters. The summed E-state index contributed by atoms with van der Waals surface area (Å²) in [6, 6.07) is 0. The zero-order chi connectivity index (χ0) is 8.27. The van der Waals surface area contributed by atoms with Crippen LogP contribution in [0.3, 0.4) is 0 Å². The second-order valence-electron chi connectivity index (χ2n) is 2.20. The van der Waals surface area contributed by atoms with Crippen molar-refractivity contribution in [1.29, 1.82) is 0 Å². The van der Waals surface area contributed by atoms with Gasteiger partial charge in [0, 0.05) is 24.6 Å². The molecule has 1 heterocycles. The van der Waals surface area contributed by atoms with E-state index in [1.54, 1.807) is 0 Å². The van der Waals surface area contributed by atoms with Crippen molar-refractivity contribution < 1.29 is 9.59 Å². The maximum Gasteiger partial charge on any atom is 0.253 e. The Morgan fingerprint density at radius 3 is 2.27 bits per heavy atom. The molecule has 1 aliphatic rings. The highest BCUT2D eigenvalue weighted by atomic mass is 35.5. The number of carbonyl (C=O) groups is 2. The zero-order valence-corrected chi connectivity index (χ0v) is 6.67. The first-order valence-corrected chi connectivity index (χ1v) is 3.88. The van der Waals surface area contributed by atoms with Crippen LogP contribution in [0.2, 0.25) is 0 Å². The first kappa shape index (κ1) is 8.27. The fourth-order valence-electron chi connectivity index (χ4n) is 0.869. The lowest BCUT2D eigenvalue weighted by Crippen LogP contribution is -2.31. The summed E-state index contributed by atoms with van der Waals surface area (Å²) in [7, 11) is 0. The second kappa shape index (κ2) is 3.53. The van der Waals surface area contributed by atoms with Gasteiger partial charge in [0.2, 0.25) is 0 Å². The minimum atomic E-state index is -0.236. The molecule has 3 nitrogen and oxygen atoms in total. The van der Waals surface area contributed by atoms with E-state index in [2.05, 4.69) is 0 Å². The number of carbonyl (C=O) groups excluding carboxylic acids is 2. The van der Waals surface area contributed by atoms with Crippen LogP contribution >= 0.6 is 11.6 Å². The molecule has 60 valence electrons. The summed E-state index contributed by atoms with van der Waals surface area (Å²) in [5.74, 6) is -0.00270. The lowest BCUT2D eigenvalue weighted by atomic mass is 10.4. The monoisotopic (exact) mass is 173 g/mol. The SMILES string of the molecule is O=C1C=CC(=O)N1CCCCl. The van der Waals surface area contributed by atoms with Gasteiger partial charge < -0.3 is 0 Å². The second-order valence-corrected chi connectivity index (χ2v) is 2.58. The van der Waals surface area contributed by atoms with E-state index >= 15 is 0 Å². The van der Waals surface area contributed by atoms with Crippen molar-refractivity contribution in [3.05, 3.63) is 12.2 Å². The molecule has 0 saturated carbocycles. The number of alkyl halides is 1. The summed E-state index contributed by atoms with van der Waals surface area (Å²) in [4.78, 5) is 22.9. The molecule has 2 amide bonds. The van der Waals surface area contributed by atoms with E-state index in [-0.39, 0.29) is 11.8 Å². The fourth-order valence-corrected chi connectivity index (χ4v) is 0.989. The first-order chi connectivity index (χ1) is 5.25. The lowest BCUT2D eigenvalue weighted by Gasteiger charge is -2.11. The van der Waals surface area contributed by atoms with Crippen molar-refractivity contribution in [1.82, 2.24) is 4.90 Å². The van der Waals surface area contributed by atoms with Crippen LogP contribution in [0.25, 0.3) is 0 Å². The van der Waals surface area contributed by atoms with E-state index in [4.69, 9.17) is 11.6 Å². The molecule has 11 heavy (non-hydrogen) atoms. The molecule has 0 N–H and O–H groups in total. The number of rotatable bonds is 3. The summed E-state index contributed by atoms with van der Waals surface area (Å²) in [5, 5.41) is 0. The van der Waals surface area contributed by atoms with Crippen LogP contribution in [0.15, 0.2) is 12.2 Å². The molecule has 0 fully saturated rings. The summed E-state index contributed by atoms with van der Waals surface area (Å²) >= 11 is 5.41. The molecule has 1 aliphatic heterocycles. The molecule has 0 bridgehead atoms. The minimum Gasteiger partial charge on any atom is -0.275 e. The molecular weight excluding hydrogens is 166 g/mol. The Morgan fingerprint density at radius 2 is 1.82 bits per heavy atom. The Hall–Kier alpha value is -0.830. The molecule has 1 rings (SSSR count). The van der Waals surface area contributed by atoms with Crippen molar-refractivity contribution >= 4 is 23.4 Å². The quantitative estimate of drug-likeness (QED) is 0.462.